The predicted octanol–water partition coefficient (Wildman–Crippen LogP) is -0.620. The highest BCUT2D eigenvalue weighted by atomic mass is 32.2. The minimum atomic E-state index is -4.13. The van der Waals surface area contributed by atoms with E-state index in [-0.39, 0.29) is 10.0 Å². The van der Waals surface area contributed by atoms with Crippen LogP contribution in [-0.4, -0.2) is 18.1 Å². The molecule has 5 N–H and O–H groups in total. The number of hydrogen-bond acceptors (Lipinski definition) is 2. The largest absolute Gasteiger partial charge is 0.322 e. The summed E-state index contributed by atoms with van der Waals surface area (Å²) in [7, 11) is -4.13. The van der Waals surface area contributed by atoms with Crippen LogP contribution in [0, 0.1) is 0 Å². The Balaban J connectivity index is 3.08. The van der Waals surface area contributed by atoms with Gasteiger partial charge in [-0.05, 0) is 12.1 Å². The van der Waals surface area contributed by atoms with Gasteiger partial charge in [0.1, 0.15) is 0 Å². The monoisotopic (exact) mass is 233 g/mol. The molecule has 76 valence electrons. The fraction of sp³-hybridized carbons (Fsp3) is 0. The molecule has 0 amide bonds. The summed E-state index contributed by atoms with van der Waals surface area (Å²) in [6, 6.07) is 5.57. The fourth-order valence-electron chi connectivity index (χ4n) is 0.816. The van der Waals surface area contributed by atoms with Crippen LogP contribution in [0.5, 0.6) is 0 Å². The average Bonchev–Trinajstić information content (AvgIpc) is 2.02. The Bertz CT molecular complexity index is 446. The van der Waals surface area contributed by atoms with Gasteiger partial charge in [0.05, 0.1) is 4.90 Å². The van der Waals surface area contributed by atoms with Crippen LogP contribution in [0.25, 0.3) is 0 Å². The fourth-order valence-corrected chi connectivity index (χ4v) is 1.84. The smallest absolute Gasteiger partial charge is 0.282 e. The molecule has 0 unspecified atom stereocenters. The maximum atomic E-state index is 10.7. The normalized spacial score (nSPS) is 11.1. The Kier molecular flexibility index (Phi) is 3.29. The molecule has 0 saturated heterocycles. The highest BCUT2D eigenvalue weighted by Gasteiger charge is 2.11. The van der Waals surface area contributed by atoms with Crippen molar-refractivity contribution in [2.75, 3.05) is 0 Å². The second kappa shape index (κ2) is 4.11. The number of hydrogen-bond donors (Lipinski definition) is 3. The molecule has 0 fully saturated rings. The van der Waals surface area contributed by atoms with Crippen LogP contribution in [0.3, 0.4) is 0 Å². The third kappa shape index (κ3) is 3.13. The Morgan fingerprint density at radius 1 is 1.21 bits per heavy atom. The summed E-state index contributed by atoms with van der Waals surface area (Å²) in [5.74, 6) is 0. The molecule has 1 aromatic carbocycles. The van der Waals surface area contributed by atoms with Crippen LogP contribution in [0.15, 0.2) is 34.1 Å². The first-order valence-electron chi connectivity index (χ1n) is 3.53. The molecule has 0 bridgehead atoms. The summed E-state index contributed by atoms with van der Waals surface area (Å²) in [6.45, 7) is 0. The molecule has 0 aromatic heterocycles. The standard InChI is InChI=1S/C7H8N2O3S2/c8-7(9)13-5-1-3-6(4-2-5)14(10,11)12/h1-4H,8-9H2/p+1. The Labute approximate surface area is 85.4 Å². The van der Waals surface area contributed by atoms with Crippen LogP contribution in [-0.2, 0) is 21.5 Å². The van der Waals surface area contributed by atoms with Crippen LogP contribution in [0.1, 0.15) is 0 Å². The van der Waals surface area contributed by atoms with Crippen LogP contribution in [0.4, 0.5) is 0 Å². The van der Waals surface area contributed by atoms with E-state index < -0.39 is 10.1 Å². The molecule has 5 nitrogen and oxygen atoms in total. The summed E-state index contributed by atoms with van der Waals surface area (Å²) >= 11 is 1.11. The van der Waals surface area contributed by atoms with Crippen molar-refractivity contribution in [2.24, 2.45) is 11.5 Å². The second-order valence-corrected chi connectivity index (χ2v) is 5.02. The van der Waals surface area contributed by atoms with Crippen LogP contribution in [0.2, 0.25) is 0 Å². The van der Waals surface area contributed by atoms with Gasteiger partial charge in [-0.15, -0.1) is 0 Å². The number of nitrogens with two attached hydrogens (primary N) is 2. The molecule has 0 radical (unpaired) electrons. The van der Waals surface area contributed by atoms with Gasteiger partial charge in [0.25, 0.3) is 21.5 Å². The minimum Gasteiger partial charge on any atom is -0.282 e. The van der Waals surface area contributed by atoms with Crippen molar-refractivity contribution >= 4 is 26.6 Å². The van der Waals surface area contributed by atoms with Crippen molar-refractivity contribution in [1.29, 1.82) is 0 Å². The maximum absolute atomic E-state index is 10.7. The summed E-state index contributed by atoms with van der Waals surface area (Å²) in [4.78, 5) is 0.551. The molecule has 14 heavy (non-hydrogen) atoms. The molecule has 7 heteroatoms. The van der Waals surface area contributed by atoms with Crippen molar-refractivity contribution in [3.05, 3.63) is 24.3 Å². The van der Waals surface area contributed by atoms with Crippen LogP contribution < -0.4 is 11.5 Å². The van der Waals surface area contributed by atoms with Gasteiger partial charge >= 0.3 is 5.11 Å². The van der Waals surface area contributed by atoms with Gasteiger partial charge in [0.2, 0.25) is 4.90 Å². The Morgan fingerprint density at radius 3 is 2.07 bits per heavy atom. The lowest BCUT2D eigenvalue weighted by molar-refractivity contribution is 0.483. The highest BCUT2D eigenvalue weighted by Crippen LogP contribution is 2.09. The summed E-state index contributed by atoms with van der Waals surface area (Å²) in [5, 5.41) is 0.171. The molecule has 0 aliphatic heterocycles. The molecule has 0 heterocycles. The summed E-state index contributed by atoms with van der Waals surface area (Å²) < 4.78 is 30.0. The molecule has 0 spiro atoms. The van der Waals surface area contributed by atoms with Crippen molar-refractivity contribution in [3.8, 4) is 0 Å². The lowest BCUT2D eigenvalue weighted by Gasteiger charge is -1.92. The molecule has 0 atom stereocenters. The van der Waals surface area contributed by atoms with Crippen molar-refractivity contribution in [3.63, 3.8) is 0 Å². The van der Waals surface area contributed by atoms with E-state index in [4.69, 9.17) is 16.0 Å². The minimum absolute atomic E-state index is 0.155. The zero-order valence-electron chi connectivity index (χ0n) is 7.04. The van der Waals surface area contributed by atoms with Crippen LogP contribution >= 0.6 is 0 Å². The topological polar surface area (TPSA) is 106 Å². The highest BCUT2D eigenvalue weighted by molar-refractivity contribution is 7.85. The van der Waals surface area contributed by atoms with Crippen molar-refractivity contribution in [1.82, 2.24) is 0 Å². The van der Waals surface area contributed by atoms with Gasteiger partial charge in [0, 0.05) is 12.1 Å². The van der Waals surface area contributed by atoms with Gasteiger partial charge in [-0.3, -0.25) is 4.55 Å². The van der Waals surface area contributed by atoms with E-state index in [0.717, 1.165) is 11.4 Å². The Morgan fingerprint density at radius 2 is 1.71 bits per heavy atom. The van der Waals surface area contributed by atoms with Gasteiger partial charge in [-0.1, -0.05) is 0 Å². The van der Waals surface area contributed by atoms with Gasteiger partial charge in [-0.25, -0.2) is 11.5 Å². The third-order valence-electron chi connectivity index (χ3n) is 1.36. The zero-order valence-corrected chi connectivity index (χ0v) is 8.68. The van der Waals surface area contributed by atoms with Gasteiger partial charge in [-0.2, -0.15) is 8.42 Å². The number of rotatable bonds is 2. The molecule has 0 saturated carbocycles. The van der Waals surface area contributed by atoms with E-state index in [2.05, 4.69) is 0 Å². The van der Waals surface area contributed by atoms with Crippen molar-refractivity contribution < 1.29 is 13.0 Å². The molecule has 1 aromatic rings. The van der Waals surface area contributed by atoms with E-state index in [9.17, 15) is 8.42 Å². The van der Waals surface area contributed by atoms with E-state index in [0.29, 0.717) is 4.90 Å². The van der Waals surface area contributed by atoms with E-state index in [1.807, 2.05) is 0 Å². The predicted molar refractivity (Wildman–Crippen MR) is 55.3 cm³/mol. The van der Waals surface area contributed by atoms with Gasteiger partial charge < -0.3 is 0 Å². The van der Waals surface area contributed by atoms with Gasteiger partial charge in [0.15, 0.2) is 0 Å². The lowest BCUT2D eigenvalue weighted by atomic mass is 10.4. The molecule has 1 rings (SSSR count). The lowest BCUT2D eigenvalue weighted by Crippen LogP contribution is -2.23. The first-order chi connectivity index (χ1) is 6.39. The molecule has 0 aliphatic rings. The average molecular weight is 233 g/mol. The third-order valence-corrected chi connectivity index (χ3v) is 2.97. The second-order valence-electron chi connectivity index (χ2n) is 2.45. The summed E-state index contributed by atoms with van der Waals surface area (Å²) in [6.07, 6.45) is 0. The SMILES string of the molecule is NC(N)=[S+]c1ccc(S(=O)(=O)O)cc1. The quantitative estimate of drug-likeness (QED) is 0.358. The molecular weight excluding hydrogens is 224 g/mol. The number of benzene rings is 1. The molecular formula is C7H9N2O3S2+. The van der Waals surface area contributed by atoms with E-state index >= 15 is 0 Å². The van der Waals surface area contributed by atoms with E-state index in [1.54, 1.807) is 0 Å². The molecule has 0 aliphatic carbocycles. The first-order valence-corrected chi connectivity index (χ1v) is 5.78. The zero-order chi connectivity index (χ0) is 10.8. The van der Waals surface area contributed by atoms with Crippen molar-refractivity contribution in [2.45, 2.75) is 9.79 Å². The Hall–Kier alpha value is -0.860. The maximum Gasteiger partial charge on any atom is 0.322 e. The first kappa shape index (κ1) is 11.2. The summed E-state index contributed by atoms with van der Waals surface area (Å²) in [5.41, 5.74) is 10.5. The van der Waals surface area contributed by atoms with E-state index in [1.165, 1.54) is 24.3 Å².